The predicted octanol–water partition coefficient (Wildman–Crippen LogP) is -1.46. The Morgan fingerprint density at radius 2 is 2.00 bits per heavy atom. The molecule has 0 aromatic rings. The van der Waals surface area contributed by atoms with E-state index in [1.54, 1.807) is 5.43 Å². The molecule has 0 saturated heterocycles. The van der Waals surface area contributed by atoms with Crippen molar-refractivity contribution in [3.8, 4) is 0 Å². The van der Waals surface area contributed by atoms with Crippen LogP contribution in [0.3, 0.4) is 0 Å². The minimum absolute atomic E-state index is 0.505. The normalized spacial score (nSPS) is 7.08. The van der Waals surface area contributed by atoms with Gasteiger partial charge in [-0.05, 0) is 0 Å². The molecule has 5 N–H and O–H groups in total. The van der Waals surface area contributed by atoms with E-state index in [-0.39, 0.29) is 0 Å². The second-order valence-electron chi connectivity index (χ2n) is 1.35. The number of nitrogens with one attached hydrogen (secondary N) is 2. The molecule has 0 amide bonds. The van der Waals surface area contributed by atoms with Crippen LogP contribution >= 0.6 is 0 Å². The quantitative estimate of drug-likeness (QED) is 0.229. The average Bonchev–Trinajstić information content (AvgIpc) is 1.82. The first-order valence-corrected chi connectivity index (χ1v) is 3.49. The number of rotatable bonds is 1. The number of guanidine groups is 1. The molecule has 0 aromatic carbocycles. The highest BCUT2D eigenvalue weighted by Gasteiger charge is 1.76. The van der Waals surface area contributed by atoms with Gasteiger partial charge in [-0.25, -0.2) is 5.43 Å². The number of aliphatic carboxylic acids is 1. The summed E-state index contributed by atoms with van der Waals surface area (Å²) < 4.78 is 21.7. The molecule has 9 heteroatoms. The third-order valence-electron chi connectivity index (χ3n) is 0.241. The fourth-order valence-electron chi connectivity index (χ4n) is 0.0864. The van der Waals surface area contributed by atoms with Crippen molar-refractivity contribution < 1.29 is 18.3 Å². The molecule has 12 heavy (non-hydrogen) atoms. The van der Waals surface area contributed by atoms with Gasteiger partial charge in [-0.15, -0.1) is 0 Å². The lowest BCUT2D eigenvalue weighted by atomic mass is 10.9. The molecule has 0 aliphatic heterocycles. The molecule has 0 aromatic heterocycles. The molecular formula is C3H8N4O4S. The maximum Gasteiger partial charge on any atom is 0.332 e. The molecular weight excluding hydrogens is 188 g/mol. The summed E-state index contributed by atoms with van der Waals surface area (Å²) in [5.41, 5.74) is 6.36. The number of nitrogens with two attached hydrogens (primary N) is 1. The number of nitrogens with zero attached hydrogens (tertiary/aromatic N) is 1. The highest BCUT2D eigenvalue weighted by Crippen LogP contribution is 1.51. The Morgan fingerprint density at radius 3 is 2.08 bits per heavy atom. The van der Waals surface area contributed by atoms with Crippen molar-refractivity contribution in [2.45, 2.75) is 6.92 Å². The van der Waals surface area contributed by atoms with E-state index in [2.05, 4.69) is 10.2 Å². The van der Waals surface area contributed by atoms with Gasteiger partial charge in [-0.3, -0.25) is 10.2 Å². The molecule has 0 heterocycles. The van der Waals surface area contributed by atoms with Crippen LogP contribution in [0.25, 0.3) is 0 Å². The van der Waals surface area contributed by atoms with Crippen molar-refractivity contribution in [1.29, 1.82) is 5.41 Å². The Balaban J connectivity index is 0. The van der Waals surface area contributed by atoms with Gasteiger partial charge in [-0.2, -0.15) is 8.42 Å². The van der Waals surface area contributed by atoms with Crippen LogP contribution in [0.4, 0.5) is 0 Å². The summed E-state index contributed by atoms with van der Waals surface area (Å²) in [6, 6.07) is 0. The Hall–Kier alpha value is -1.64. The summed E-state index contributed by atoms with van der Waals surface area (Å²) in [5, 5.41) is 13.8. The monoisotopic (exact) mass is 196 g/mol. The second kappa shape index (κ2) is 7.47. The molecule has 0 fully saturated rings. The van der Waals surface area contributed by atoms with Gasteiger partial charge in [-0.1, -0.05) is 4.47 Å². The topological polar surface area (TPSA) is 146 Å². The second-order valence-corrected chi connectivity index (χ2v) is 1.97. The standard InChI is InChI=1S/C2H4O2.CH4N4O2S/c1-2(3)4;2-1(3)4-5-8(6)7/h1H3,(H,3,4);(H4,2,3,4). The molecule has 0 spiro atoms. The van der Waals surface area contributed by atoms with Crippen molar-refractivity contribution in [2.24, 2.45) is 10.2 Å². The SMILES string of the molecule is CC(=O)O.N=C(N)NN=S(=O)=O. The van der Waals surface area contributed by atoms with Crippen molar-refractivity contribution in [3.05, 3.63) is 0 Å². The van der Waals surface area contributed by atoms with E-state index in [9.17, 15) is 8.42 Å². The largest absolute Gasteiger partial charge is 0.481 e. The lowest BCUT2D eigenvalue weighted by Crippen LogP contribution is -2.24. The average molecular weight is 196 g/mol. The third kappa shape index (κ3) is 40.1. The zero-order valence-corrected chi connectivity index (χ0v) is 6.92. The van der Waals surface area contributed by atoms with Crippen molar-refractivity contribution in [3.63, 3.8) is 0 Å². The maximum atomic E-state index is 9.52. The lowest BCUT2D eigenvalue weighted by Gasteiger charge is -1.85. The first-order valence-electron chi connectivity index (χ1n) is 2.46. The first-order chi connectivity index (χ1) is 5.36. The van der Waals surface area contributed by atoms with Gasteiger partial charge >= 0.3 is 10.5 Å². The highest BCUT2D eigenvalue weighted by molar-refractivity contribution is 7.61. The Kier molecular flexibility index (Phi) is 8.08. The number of carboxylic acid groups (broad SMARTS) is 1. The minimum atomic E-state index is -2.54. The Morgan fingerprint density at radius 1 is 1.67 bits per heavy atom. The van der Waals surface area contributed by atoms with Crippen LogP contribution in [0.2, 0.25) is 0 Å². The zero-order valence-electron chi connectivity index (χ0n) is 6.10. The van der Waals surface area contributed by atoms with Crippen LogP contribution in [-0.4, -0.2) is 25.5 Å². The van der Waals surface area contributed by atoms with E-state index in [1.165, 1.54) is 0 Å². The summed E-state index contributed by atoms with van der Waals surface area (Å²) >= 11 is 0. The number of hydrogen-bond donors (Lipinski definition) is 4. The molecule has 0 aliphatic rings. The Bertz CT molecular complexity index is 269. The van der Waals surface area contributed by atoms with Crippen molar-refractivity contribution in [2.75, 3.05) is 0 Å². The maximum absolute atomic E-state index is 9.52. The summed E-state index contributed by atoms with van der Waals surface area (Å²) in [6.07, 6.45) is 0. The molecule has 8 nitrogen and oxygen atoms in total. The van der Waals surface area contributed by atoms with Gasteiger partial charge in [0.1, 0.15) is 0 Å². The summed E-state index contributed by atoms with van der Waals surface area (Å²) in [4.78, 5) is 9.00. The smallest absolute Gasteiger partial charge is 0.332 e. The number of hydrogen-bond acceptors (Lipinski definition) is 5. The molecule has 0 atom stereocenters. The molecule has 0 unspecified atom stereocenters. The van der Waals surface area contributed by atoms with Gasteiger partial charge in [0.05, 0.1) is 0 Å². The van der Waals surface area contributed by atoms with E-state index in [4.69, 9.17) is 15.3 Å². The molecule has 0 saturated carbocycles. The molecule has 70 valence electrons. The molecule has 0 aliphatic carbocycles. The van der Waals surface area contributed by atoms with Crippen LogP contribution in [0, 0.1) is 5.41 Å². The van der Waals surface area contributed by atoms with E-state index < -0.39 is 22.4 Å². The van der Waals surface area contributed by atoms with E-state index in [0.29, 0.717) is 0 Å². The first kappa shape index (κ1) is 13.0. The van der Waals surface area contributed by atoms with Crippen LogP contribution in [-0.2, 0) is 15.3 Å². The zero-order chi connectivity index (χ0) is 10.1. The summed E-state index contributed by atoms with van der Waals surface area (Å²) in [7, 11) is -2.54. The van der Waals surface area contributed by atoms with Gasteiger partial charge < -0.3 is 10.8 Å². The molecule has 0 rings (SSSR count). The minimum Gasteiger partial charge on any atom is -0.481 e. The van der Waals surface area contributed by atoms with Crippen LogP contribution in [0.1, 0.15) is 6.92 Å². The van der Waals surface area contributed by atoms with E-state index in [0.717, 1.165) is 6.92 Å². The fourth-order valence-corrected chi connectivity index (χ4v) is 0.259. The van der Waals surface area contributed by atoms with Gasteiger partial charge in [0.25, 0.3) is 5.97 Å². The van der Waals surface area contributed by atoms with Gasteiger partial charge in [0, 0.05) is 6.92 Å². The fraction of sp³-hybridized carbons (Fsp3) is 0.333. The van der Waals surface area contributed by atoms with Gasteiger partial charge in [0.2, 0.25) is 5.96 Å². The highest BCUT2D eigenvalue weighted by atomic mass is 32.2. The number of carboxylic acids is 1. The van der Waals surface area contributed by atoms with Crippen molar-refractivity contribution >= 4 is 22.4 Å². The van der Waals surface area contributed by atoms with Crippen LogP contribution < -0.4 is 11.2 Å². The third-order valence-corrected chi connectivity index (χ3v) is 0.481. The van der Waals surface area contributed by atoms with Crippen molar-refractivity contribution in [1.82, 2.24) is 5.43 Å². The van der Waals surface area contributed by atoms with E-state index >= 15 is 0 Å². The predicted molar refractivity (Wildman–Crippen MR) is 39.7 cm³/mol. The van der Waals surface area contributed by atoms with Gasteiger partial charge in [0.15, 0.2) is 0 Å². The van der Waals surface area contributed by atoms with E-state index in [1.807, 2.05) is 0 Å². The van der Waals surface area contributed by atoms with Crippen LogP contribution in [0.5, 0.6) is 0 Å². The Labute approximate surface area is 69.6 Å². The lowest BCUT2D eigenvalue weighted by molar-refractivity contribution is -0.134. The van der Waals surface area contributed by atoms with Crippen LogP contribution in [0.15, 0.2) is 4.47 Å². The number of carbonyl (C=O) groups is 1. The molecule has 0 bridgehead atoms. The summed E-state index contributed by atoms with van der Waals surface area (Å²) in [6.45, 7) is 1.08. The molecule has 0 radical (unpaired) electrons. The summed E-state index contributed by atoms with van der Waals surface area (Å²) in [5.74, 6) is -1.34.